The monoisotopic (exact) mass is 205 g/mol. The van der Waals surface area contributed by atoms with Gasteiger partial charge in [0.25, 0.3) is 0 Å². The molecule has 0 amide bonds. The molecule has 4 heteroatoms. The molecule has 1 fully saturated rings. The molecule has 15 heavy (non-hydrogen) atoms. The van der Waals surface area contributed by atoms with Crippen molar-refractivity contribution in [3.05, 3.63) is 17.5 Å². The van der Waals surface area contributed by atoms with Gasteiger partial charge in [0.1, 0.15) is 0 Å². The highest BCUT2D eigenvalue weighted by molar-refractivity contribution is 5.21. The fraction of sp³-hybridized carbons (Fsp3) is 0.636. The predicted molar refractivity (Wildman–Crippen MR) is 55.3 cm³/mol. The molecule has 1 N–H and O–H groups in total. The van der Waals surface area contributed by atoms with Gasteiger partial charge in [0.2, 0.25) is 0 Å². The molecule has 2 heterocycles. The van der Waals surface area contributed by atoms with E-state index in [4.69, 9.17) is 10.00 Å². The fourth-order valence-electron chi connectivity index (χ4n) is 2.05. The lowest BCUT2D eigenvalue weighted by Gasteiger charge is -2.21. The third-order valence-electron chi connectivity index (χ3n) is 2.89. The summed E-state index contributed by atoms with van der Waals surface area (Å²) >= 11 is 0. The number of hydrogen-bond acceptors (Lipinski definition) is 3. The highest BCUT2D eigenvalue weighted by Gasteiger charge is 2.20. The highest BCUT2D eigenvalue weighted by Crippen LogP contribution is 2.28. The van der Waals surface area contributed by atoms with E-state index in [-0.39, 0.29) is 0 Å². The summed E-state index contributed by atoms with van der Waals surface area (Å²) in [4.78, 5) is 0. The van der Waals surface area contributed by atoms with Crippen LogP contribution in [-0.2, 0) is 11.2 Å². The van der Waals surface area contributed by atoms with Crippen molar-refractivity contribution in [1.82, 2.24) is 10.2 Å². The van der Waals surface area contributed by atoms with Crippen molar-refractivity contribution in [3.8, 4) is 6.07 Å². The van der Waals surface area contributed by atoms with Crippen molar-refractivity contribution in [2.45, 2.75) is 31.6 Å². The van der Waals surface area contributed by atoms with Gasteiger partial charge >= 0.3 is 0 Å². The Labute approximate surface area is 89.2 Å². The second kappa shape index (κ2) is 4.94. The molecule has 4 nitrogen and oxygen atoms in total. The largest absolute Gasteiger partial charge is 0.381 e. The quantitative estimate of drug-likeness (QED) is 0.817. The number of aromatic nitrogens is 2. The first-order chi connectivity index (χ1) is 7.42. The molecule has 0 bridgehead atoms. The first-order valence-electron chi connectivity index (χ1n) is 5.38. The Balaban J connectivity index is 2.06. The van der Waals surface area contributed by atoms with E-state index in [9.17, 15) is 0 Å². The normalized spacial score (nSPS) is 17.5. The molecule has 0 aromatic carbocycles. The topological polar surface area (TPSA) is 61.7 Å². The maximum Gasteiger partial charge on any atom is 0.0625 e. The zero-order valence-electron chi connectivity index (χ0n) is 8.70. The summed E-state index contributed by atoms with van der Waals surface area (Å²) < 4.78 is 5.33. The molecule has 0 spiro atoms. The standard InChI is InChI=1S/C11H15N3O/c12-5-1-2-10-8-13-14-11(10)9-3-6-15-7-4-9/h8-9H,1-4,6-7H2,(H,13,14). The van der Waals surface area contributed by atoms with Crippen LogP contribution in [0.3, 0.4) is 0 Å². The lowest BCUT2D eigenvalue weighted by molar-refractivity contribution is 0.0843. The van der Waals surface area contributed by atoms with Gasteiger partial charge in [-0.1, -0.05) is 0 Å². The van der Waals surface area contributed by atoms with Crippen LogP contribution in [0.5, 0.6) is 0 Å². The van der Waals surface area contributed by atoms with Crippen molar-refractivity contribution in [2.75, 3.05) is 13.2 Å². The maximum atomic E-state index is 8.57. The molecule has 1 aromatic rings. The van der Waals surface area contributed by atoms with Crippen molar-refractivity contribution in [3.63, 3.8) is 0 Å². The number of aryl methyl sites for hydroxylation is 1. The second-order valence-electron chi connectivity index (χ2n) is 3.85. The van der Waals surface area contributed by atoms with Crippen molar-refractivity contribution < 1.29 is 4.74 Å². The van der Waals surface area contributed by atoms with Gasteiger partial charge < -0.3 is 4.74 Å². The van der Waals surface area contributed by atoms with E-state index < -0.39 is 0 Å². The van der Waals surface area contributed by atoms with E-state index in [0.717, 1.165) is 32.5 Å². The summed E-state index contributed by atoms with van der Waals surface area (Å²) in [7, 11) is 0. The Kier molecular flexibility index (Phi) is 3.36. The Morgan fingerprint density at radius 2 is 2.33 bits per heavy atom. The minimum absolute atomic E-state index is 0.537. The Morgan fingerprint density at radius 1 is 1.53 bits per heavy atom. The molecule has 0 saturated carbocycles. The van der Waals surface area contributed by atoms with Crippen LogP contribution in [0.4, 0.5) is 0 Å². The van der Waals surface area contributed by atoms with E-state index in [0.29, 0.717) is 12.3 Å². The minimum Gasteiger partial charge on any atom is -0.381 e. The first-order valence-corrected chi connectivity index (χ1v) is 5.38. The van der Waals surface area contributed by atoms with Crippen molar-refractivity contribution in [1.29, 1.82) is 5.26 Å². The molecule has 1 aliphatic rings. The van der Waals surface area contributed by atoms with Gasteiger partial charge in [-0.3, -0.25) is 5.10 Å². The van der Waals surface area contributed by atoms with Gasteiger partial charge in [-0.05, 0) is 24.8 Å². The molecule has 2 rings (SSSR count). The minimum atomic E-state index is 0.537. The highest BCUT2D eigenvalue weighted by atomic mass is 16.5. The lowest BCUT2D eigenvalue weighted by atomic mass is 9.93. The van der Waals surface area contributed by atoms with Gasteiger partial charge in [0.05, 0.1) is 12.3 Å². The van der Waals surface area contributed by atoms with E-state index in [1.54, 1.807) is 0 Å². The molecule has 1 aromatic heterocycles. The van der Waals surface area contributed by atoms with Crippen LogP contribution in [0.2, 0.25) is 0 Å². The molecule has 0 atom stereocenters. The van der Waals surface area contributed by atoms with Gasteiger partial charge in [-0.15, -0.1) is 0 Å². The number of nitriles is 1. The van der Waals surface area contributed by atoms with Crippen LogP contribution < -0.4 is 0 Å². The number of H-pyrrole nitrogens is 1. The second-order valence-corrected chi connectivity index (χ2v) is 3.85. The number of ether oxygens (including phenoxy) is 1. The van der Waals surface area contributed by atoms with Crippen LogP contribution in [0.15, 0.2) is 6.20 Å². The summed E-state index contributed by atoms with van der Waals surface area (Å²) in [6.45, 7) is 1.67. The number of nitrogens with one attached hydrogen (secondary N) is 1. The van der Waals surface area contributed by atoms with Crippen molar-refractivity contribution in [2.24, 2.45) is 0 Å². The van der Waals surface area contributed by atoms with Crippen molar-refractivity contribution >= 4 is 0 Å². The van der Waals surface area contributed by atoms with Crippen LogP contribution in [0.25, 0.3) is 0 Å². The maximum absolute atomic E-state index is 8.57. The molecule has 0 radical (unpaired) electrons. The SMILES string of the molecule is N#CCCc1cn[nH]c1C1CCOCC1. The van der Waals surface area contributed by atoms with Gasteiger partial charge in [0, 0.05) is 31.2 Å². The molecule has 1 saturated heterocycles. The Hall–Kier alpha value is -1.34. The first kappa shape index (κ1) is 10.2. The number of aromatic amines is 1. The zero-order chi connectivity index (χ0) is 10.5. The van der Waals surface area contributed by atoms with Gasteiger partial charge in [-0.2, -0.15) is 10.4 Å². The van der Waals surface area contributed by atoms with Crippen LogP contribution in [0, 0.1) is 11.3 Å². The van der Waals surface area contributed by atoms with Gasteiger partial charge in [0.15, 0.2) is 0 Å². The van der Waals surface area contributed by atoms with Crippen LogP contribution in [0.1, 0.15) is 36.4 Å². The molecular weight excluding hydrogens is 190 g/mol. The smallest absolute Gasteiger partial charge is 0.0625 e. The third kappa shape index (κ3) is 2.37. The van der Waals surface area contributed by atoms with E-state index >= 15 is 0 Å². The Morgan fingerprint density at radius 3 is 3.07 bits per heavy atom. The summed E-state index contributed by atoms with van der Waals surface area (Å²) in [5, 5.41) is 15.7. The lowest BCUT2D eigenvalue weighted by Crippen LogP contribution is -2.15. The molecular formula is C11H15N3O. The van der Waals surface area contributed by atoms with Gasteiger partial charge in [-0.25, -0.2) is 0 Å². The number of nitrogens with zero attached hydrogens (tertiary/aromatic N) is 2. The average Bonchev–Trinajstić information content (AvgIpc) is 2.75. The number of rotatable bonds is 3. The summed E-state index contributed by atoms with van der Waals surface area (Å²) in [6.07, 6.45) is 5.33. The third-order valence-corrected chi connectivity index (χ3v) is 2.89. The van der Waals surface area contributed by atoms with E-state index in [1.165, 1.54) is 11.3 Å². The summed E-state index contributed by atoms with van der Waals surface area (Å²) in [5.41, 5.74) is 2.41. The summed E-state index contributed by atoms with van der Waals surface area (Å²) in [5.74, 6) is 0.537. The van der Waals surface area contributed by atoms with E-state index in [2.05, 4.69) is 16.3 Å². The predicted octanol–water partition coefficient (Wildman–Crippen LogP) is 1.76. The summed E-state index contributed by atoms with van der Waals surface area (Å²) in [6, 6.07) is 2.17. The average molecular weight is 205 g/mol. The van der Waals surface area contributed by atoms with Crippen LogP contribution >= 0.6 is 0 Å². The van der Waals surface area contributed by atoms with Crippen LogP contribution in [-0.4, -0.2) is 23.4 Å². The molecule has 1 aliphatic heterocycles. The molecule has 0 aliphatic carbocycles. The van der Waals surface area contributed by atoms with E-state index in [1.807, 2.05) is 6.20 Å². The zero-order valence-corrected chi connectivity index (χ0v) is 8.70. The molecule has 80 valence electrons. The molecule has 0 unspecified atom stereocenters. The number of hydrogen-bond donors (Lipinski definition) is 1. The fourth-order valence-corrected chi connectivity index (χ4v) is 2.05. The Bertz CT molecular complexity index is 347.